The van der Waals surface area contributed by atoms with Crippen molar-refractivity contribution in [2.45, 2.75) is 53.0 Å². The highest BCUT2D eigenvalue weighted by Crippen LogP contribution is 2.17. The number of pyridine rings is 1. The van der Waals surface area contributed by atoms with Gasteiger partial charge in [-0.1, -0.05) is 26.8 Å². The smallest absolute Gasteiger partial charge is 0.288 e. The number of nitrogens with zero attached hydrogens (tertiary/aromatic N) is 2. The molecule has 8 heteroatoms. The van der Waals surface area contributed by atoms with E-state index >= 15 is 0 Å². The number of amides is 3. The van der Waals surface area contributed by atoms with Crippen molar-refractivity contribution in [1.82, 2.24) is 20.7 Å². The summed E-state index contributed by atoms with van der Waals surface area (Å²) in [6.45, 7) is 7.87. The van der Waals surface area contributed by atoms with Gasteiger partial charge in [0.05, 0.1) is 0 Å². The summed E-state index contributed by atoms with van der Waals surface area (Å²) in [7, 11) is 0. The van der Waals surface area contributed by atoms with Gasteiger partial charge in [0.15, 0.2) is 0 Å². The standard InChI is InChI=1S/C13H16N4O3.C6H12O/c1-9(18)17-8-4-6-11(17)13(20)16-15-12(19)10-5-2-3-7-14-10;1-4-6(2,3)5-7/h2-3,5,7,11H,4,6,8H2,1H3,(H,15,19)(H,16,20);5H,4H2,1-3H3. The van der Waals surface area contributed by atoms with Gasteiger partial charge < -0.3 is 9.69 Å². The van der Waals surface area contributed by atoms with Crippen LogP contribution in [0.15, 0.2) is 24.4 Å². The van der Waals surface area contributed by atoms with E-state index in [0.717, 1.165) is 19.1 Å². The fraction of sp³-hybridized carbons (Fsp3) is 0.526. The number of aldehydes is 1. The van der Waals surface area contributed by atoms with Crippen molar-refractivity contribution in [3.8, 4) is 0 Å². The maximum atomic E-state index is 12.0. The molecule has 0 aromatic carbocycles. The maximum Gasteiger partial charge on any atom is 0.288 e. The summed E-state index contributed by atoms with van der Waals surface area (Å²) >= 11 is 0. The van der Waals surface area contributed by atoms with Crippen LogP contribution in [-0.2, 0) is 14.4 Å². The number of hydrogen-bond donors (Lipinski definition) is 2. The van der Waals surface area contributed by atoms with Gasteiger partial charge in [0.2, 0.25) is 5.91 Å². The Bertz CT molecular complexity index is 661. The van der Waals surface area contributed by atoms with Crippen molar-refractivity contribution in [1.29, 1.82) is 0 Å². The molecule has 1 aliphatic heterocycles. The molecule has 1 fully saturated rings. The molecule has 1 aromatic heterocycles. The topological polar surface area (TPSA) is 108 Å². The number of likely N-dealkylation sites (tertiary alicyclic amines) is 1. The Morgan fingerprint density at radius 3 is 2.48 bits per heavy atom. The summed E-state index contributed by atoms with van der Waals surface area (Å²) in [5.74, 6) is -1.02. The van der Waals surface area contributed by atoms with Crippen molar-refractivity contribution in [3.63, 3.8) is 0 Å². The number of carbonyl (C=O) groups excluding carboxylic acids is 4. The van der Waals surface area contributed by atoms with Gasteiger partial charge in [-0.15, -0.1) is 0 Å². The van der Waals surface area contributed by atoms with Crippen LogP contribution in [0.2, 0.25) is 0 Å². The van der Waals surface area contributed by atoms with E-state index in [0.29, 0.717) is 13.0 Å². The molecule has 0 bridgehead atoms. The van der Waals surface area contributed by atoms with Crippen LogP contribution in [0.3, 0.4) is 0 Å². The molecule has 8 nitrogen and oxygen atoms in total. The SMILES string of the molecule is CC(=O)N1CCCC1C(=O)NNC(=O)c1ccccn1.CCC(C)(C)C=O. The molecule has 2 N–H and O–H groups in total. The normalized spacial score (nSPS) is 16.0. The third kappa shape index (κ3) is 7.16. The third-order valence-electron chi connectivity index (χ3n) is 4.39. The summed E-state index contributed by atoms with van der Waals surface area (Å²) in [5, 5.41) is 0. The van der Waals surface area contributed by atoms with Crippen molar-refractivity contribution < 1.29 is 19.2 Å². The van der Waals surface area contributed by atoms with Gasteiger partial charge >= 0.3 is 0 Å². The molecule has 1 saturated heterocycles. The monoisotopic (exact) mass is 376 g/mol. The highest BCUT2D eigenvalue weighted by molar-refractivity contribution is 5.94. The molecule has 3 amide bonds. The number of rotatable bonds is 4. The summed E-state index contributed by atoms with van der Waals surface area (Å²) in [4.78, 5) is 50.5. The van der Waals surface area contributed by atoms with E-state index in [1.165, 1.54) is 18.0 Å². The molecule has 1 atom stereocenters. The largest absolute Gasteiger partial charge is 0.331 e. The molecule has 148 valence electrons. The molecule has 1 aliphatic rings. The van der Waals surface area contributed by atoms with Crippen molar-refractivity contribution in [3.05, 3.63) is 30.1 Å². The van der Waals surface area contributed by atoms with E-state index < -0.39 is 11.9 Å². The third-order valence-corrected chi connectivity index (χ3v) is 4.39. The molecule has 1 unspecified atom stereocenters. The van der Waals surface area contributed by atoms with Crippen LogP contribution in [0.4, 0.5) is 0 Å². The lowest BCUT2D eigenvalue weighted by atomic mass is 9.93. The Morgan fingerprint density at radius 2 is 2.00 bits per heavy atom. The molecular formula is C19H28N4O4. The van der Waals surface area contributed by atoms with Gasteiger partial charge in [0.1, 0.15) is 18.0 Å². The first kappa shape index (κ1) is 22.3. The van der Waals surface area contributed by atoms with Gasteiger partial charge in [-0.2, -0.15) is 0 Å². The van der Waals surface area contributed by atoms with Crippen LogP contribution < -0.4 is 10.9 Å². The molecule has 2 heterocycles. The van der Waals surface area contributed by atoms with Gasteiger partial charge in [0, 0.05) is 25.1 Å². The van der Waals surface area contributed by atoms with Crippen LogP contribution in [0, 0.1) is 5.41 Å². The van der Waals surface area contributed by atoms with E-state index in [1.807, 2.05) is 20.8 Å². The second-order valence-corrected chi connectivity index (χ2v) is 6.99. The summed E-state index contributed by atoms with van der Waals surface area (Å²) in [5.41, 5.74) is 4.75. The highest BCUT2D eigenvalue weighted by Gasteiger charge is 2.32. The predicted molar refractivity (Wildman–Crippen MR) is 100 cm³/mol. The number of aromatic nitrogens is 1. The number of hydrogen-bond acceptors (Lipinski definition) is 5. The molecular weight excluding hydrogens is 348 g/mol. The zero-order valence-corrected chi connectivity index (χ0v) is 16.3. The molecule has 1 aromatic rings. The lowest BCUT2D eigenvalue weighted by Crippen LogP contribution is -2.51. The van der Waals surface area contributed by atoms with E-state index in [2.05, 4.69) is 15.8 Å². The van der Waals surface area contributed by atoms with Crippen LogP contribution >= 0.6 is 0 Å². The molecule has 0 radical (unpaired) electrons. The minimum absolute atomic E-state index is 0.0972. The first-order valence-corrected chi connectivity index (χ1v) is 8.96. The second-order valence-electron chi connectivity index (χ2n) is 6.99. The Balaban J connectivity index is 0.000000445. The Morgan fingerprint density at radius 1 is 1.30 bits per heavy atom. The Labute approximate surface area is 159 Å². The van der Waals surface area contributed by atoms with Gasteiger partial charge in [-0.05, 0) is 31.4 Å². The van der Waals surface area contributed by atoms with Crippen molar-refractivity contribution in [2.75, 3.05) is 6.54 Å². The molecule has 0 aliphatic carbocycles. The summed E-state index contributed by atoms with van der Waals surface area (Å²) in [6.07, 6.45) is 4.80. The van der Waals surface area contributed by atoms with E-state index in [-0.39, 0.29) is 22.9 Å². The number of hydrazine groups is 1. The van der Waals surface area contributed by atoms with E-state index in [9.17, 15) is 19.2 Å². The highest BCUT2D eigenvalue weighted by atomic mass is 16.2. The minimum Gasteiger partial charge on any atom is -0.331 e. The zero-order chi connectivity index (χ0) is 20.4. The summed E-state index contributed by atoms with van der Waals surface area (Å²) < 4.78 is 0. The van der Waals surface area contributed by atoms with E-state index in [4.69, 9.17) is 0 Å². The van der Waals surface area contributed by atoms with Crippen LogP contribution in [-0.4, -0.2) is 46.5 Å². The number of carbonyl (C=O) groups is 4. The van der Waals surface area contributed by atoms with Gasteiger partial charge in [-0.3, -0.25) is 30.2 Å². The predicted octanol–water partition coefficient (Wildman–Crippen LogP) is 1.47. The first-order chi connectivity index (χ1) is 12.7. The maximum absolute atomic E-state index is 12.0. The van der Waals surface area contributed by atoms with Crippen LogP contribution in [0.25, 0.3) is 0 Å². The molecule has 0 spiro atoms. The minimum atomic E-state index is -0.517. The van der Waals surface area contributed by atoms with Crippen LogP contribution in [0.1, 0.15) is 57.4 Å². The lowest BCUT2D eigenvalue weighted by molar-refractivity contribution is -0.137. The molecule has 0 saturated carbocycles. The summed E-state index contributed by atoms with van der Waals surface area (Å²) in [6, 6.07) is 4.40. The second kappa shape index (κ2) is 10.4. The first-order valence-electron chi connectivity index (χ1n) is 8.96. The Kier molecular flexibility index (Phi) is 8.58. The molecule has 2 rings (SSSR count). The average molecular weight is 376 g/mol. The fourth-order valence-electron chi connectivity index (χ4n) is 2.26. The van der Waals surface area contributed by atoms with Gasteiger partial charge in [-0.25, -0.2) is 0 Å². The van der Waals surface area contributed by atoms with Crippen LogP contribution in [0.5, 0.6) is 0 Å². The van der Waals surface area contributed by atoms with Crippen molar-refractivity contribution in [2.24, 2.45) is 5.41 Å². The van der Waals surface area contributed by atoms with Gasteiger partial charge in [0.25, 0.3) is 11.8 Å². The fourth-order valence-corrected chi connectivity index (χ4v) is 2.26. The quantitative estimate of drug-likeness (QED) is 0.611. The zero-order valence-electron chi connectivity index (χ0n) is 16.3. The van der Waals surface area contributed by atoms with Crippen molar-refractivity contribution >= 4 is 24.0 Å². The lowest BCUT2D eigenvalue weighted by Gasteiger charge is -2.22. The Hall–Kier alpha value is -2.77. The molecule has 27 heavy (non-hydrogen) atoms. The average Bonchev–Trinajstić information content (AvgIpc) is 3.17. The number of nitrogens with one attached hydrogen (secondary N) is 2. The van der Waals surface area contributed by atoms with E-state index in [1.54, 1.807) is 18.2 Å².